The Kier molecular flexibility index (Phi) is 4.43. The average molecular weight is 320 g/mol. The fourth-order valence-corrected chi connectivity index (χ4v) is 3.76. The van der Waals surface area contributed by atoms with E-state index in [1.165, 1.54) is 0 Å². The minimum Gasteiger partial charge on any atom is -0.300 e. The Bertz CT molecular complexity index is 752. The van der Waals surface area contributed by atoms with Crippen LogP contribution in [0.25, 0.3) is 0 Å². The molecule has 2 unspecified atom stereocenters. The average Bonchev–Trinajstić information content (AvgIpc) is 2.64. The lowest BCUT2D eigenvalue weighted by atomic mass is 9.76. The first-order valence-electron chi connectivity index (χ1n) is 8.20. The largest absolute Gasteiger partial charge is 0.300 e. The van der Waals surface area contributed by atoms with Crippen molar-refractivity contribution in [2.75, 3.05) is 0 Å². The van der Waals surface area contributed by atoms with Gasteiger partial charge in [-0.2, -0.15) is 0 Å². The molecule has 3 nitrogen and oxygen atoms in total. The van der Waals surface area contributed by atoms with E-state index in [0.717, 1.165) is 11.1 Å². The number of Topliss-reactive ketones (excluding diaryl/α,β-unsaturated/α-hetero) is 2. The van der Waals surface area contributed by atoms with Crippen LogP contribution in [0.5, 0.6) is 0 Å². The van der Waals surface area contributed by atoms with E-state index in [1.54, 1.807) is 13.8 Å². The number of carbonyl (C=O) groups excluding carboxylic acids is 3. The Morgan fingerprint density at radius 3 is 1.50 bits per heavy atom. The Labute approximate surface area is 141 Å². The van der Waals surface area contributed by atoms with Gasteiger partial charge in [-0.1, -0.05) is 48.5 Å². The SMILES string of the molecule is CC(=O)CC1c2ccccc2C(=O)c2ccccc2C1CC(C)=O. The van der Waals surface area contributed by atoms with E-state index < -0.39 is 0 Å². The topological polar surface area (TPSA) is 51.2 Å². The first-order valence-corrected chi connectivity index (χ1v) is 8.20. The van der Waals surface area contributed by atoms with Crippen LogP contribution in [-0.4, -0.2) is 17.3 Å². The van der Waals surface area contributed by atoms with E-state index in [0.29, 0.717) is 24.0 Å². The Balaban J connectivity index is 2.27. The van der Waals surface area contributed by atoms with Crippen molar-refractivity contribution in [3.8, 4) is 0 Å². The molecule has 0 N–H and O–H groups in total. The number of rotatable bonds is 4. The second kappa shape index (κ2) is 6.52. The molecule has 0 radical (unpaired) electrons. The highest BCUT2D eigenvalue weighted by molar-refractivity contribution is 6.11. The highest BCUT2D eigenvalue weighted by atomic mass is 16.1. The summed E-state index contributed by atoms with van der Waals surface area (Å²) in [5, 5.41) is 0. The summed E-state index contributed by atoms with van der Waals surface area (Å²) in [6.45, 7) is 3.12. The van der Waals surface area contributed by atoms with Gasteiger partial charge in [0.25, 0.3) is 0 Å². The molecule has 24 heavy (non-hydrogen) atoms. The van der Waals surface area contributed by atoms with Gasteiger partial charge in [0.05, 0.1) is 0 Å². The quantitative estimate of drug-likeness (QED) is 0.853. The van der Waals surface area contributed by atoms with Crippen LogP contribution in [0.3, 0.4) is 0 Å². The third-order valence-corrected chi connectivity index (χ3v) is 4.71. The molecule has 2 aromatic carbocycles. The lowest BCUT2D eigenvalue weighted by Crippen LogP contribution is -2.17. The van der Waals surface area contributed by atoms with Crippen molar-refractivity contribution < 1.29 is 14.4 Å². The first-order chi connectivity index (χ1) is 11.5. The molecule has 1 aliphatic carbocycles. The van der Waals surface area contributed by atoms with Crippen LogP contribution in [0.1, 0.15) is 65.6 Å². The molecule has 0 spiro atoms. The maximum absolute atomic E-state index is 13.0. The number of ketones is 3. The molecule has 122 valence electrons. The van der Waals surface area contributed by atoms with E-state index in [4.69, 9.17) is 0 Å². The molecule has 0 heterocycles. The number of hydrogen-bond acceptors (Lipinski definition) is 3. The molecular weight excluding hydrogens is 300 g/mol. The van der Waals surface area contributed by atoms with Gasteiger partial charge < -0.3 is 9.59 Å². The molecule has 0 aliphatic heterocycles. The van der Waals surface area contributed by atoms with Crippen LogP contribution in [0.2, 0.25) is 0 Å². The van der Waals surface area contributed by atoms with Crippen molar-refractivity contribution >= 4 is 17.3 Å². The summed E-state index contributed by atoms with van der Waals surface area (Å²) in [6.07, 6.45) is 0.660. The van der Waals surface area contributed by atoms with Gasteiger partial charge in [-0.15, -0.1) is 0 Å². The zero-order chi connectivity index (χ0) is 17.3. The summed E-state index contributed by atoms with van der Waals surface area (Å²) in [4.78, 5) is 36.8. The van der Waals surface area contributed by atoms with Crippen LogP contribution in [0.15, 0.2) is 48.5 Å². The monoisotopic (exact) mass is 320 g/mol. The van der Waals surface area contributed by atoms with Crippen LogP contribution < -0.4 is 0 Å². The van der Waals surface area contributed by atoms with Crippen LogP contribution in [-0.2, 0) is 9.59 Å². The van der Waals surface area contributed by atoms with Gasteiger partial charge in [-0.05, 0) is 36.8 Å². The number of carbonyl (C=O) groups is 3. The van der Waals surface area contributed by atoms with Gasteiger partial charge in [0.15, 0.2) is 5.78 Å². The Hall–Kier alpha value is -2.55. The van der Waals surface area contributed by atoms with Gasteiger partial charge in [0.2, 0.25) is 0 Å². The molecule has 0 saturated heterocycles. The van der Waals surface area contributed by atoms with E-state index in [-0.39, 0.29) is 29.2 Å². The molecule has 1 aliphatic rings. The predicted molar refractivity (Wildman–Crippen MR) is 92.4 cm³/mol. The van der Waals surface area contributed by atoms with E-state index in [1.807, 2.05) is 48.5 Å². The predicted octanol–water partition coefficient (Wildman–Crippen LogP) is 4.06. The van der Waals surface area contributed by atoms with Crippen LogP contribution in [0.4, 0.5) is 0 Å². The second-order valence-electron chi connectivity index (χ2n) is 6.53. The maximum atomic E-state index is 13.0. The molecule has 3 heteroatoms. The molecule has 0 saturated carbocycles. The summed E-state index contributed by atoms with van der Waals surface area (Å²) in [7, 11) is 0. The number of fused-ring (bicyclic) bond motifs is 2. The zero-order valence-electron chi connectivity index (χ0n) is 13.9. The molecule has 0 amide bonds. The summed E-state index contributed by atoms with van der Waals surface area (Å²) in [5.41, 5.74) is 3.03. The van der Waals surface area contributed by atoms with Gasteiger partial charge in [-0.3, -0.25) is 4.79 Å². The van der Waals surface area contributed by atoms with Crippen LogP contribution in [0, 0.1) is 0 Å². The standard InChI is InChI=1S/C21H20O3/c1-13(22)11-19-15-7-3-5-9-17(15)21(24)18-10-6-4-8-16(18)20(19)12-14(2)23/h3-10,19-20H,11-12H2,1-2H3. The molecule has 3 rings (SSSR count). The van der Waals surface area contributed by atoms with Gasteiger partial charge in [-0.25, -0.2) is 0 Å². The van der Waals surface area contributed by atoms with Crippen molar-refractivity contribution in [3.63, 3.8) is 0 Å². The van der Waals surface area contributed by atoms with Crippen molar-refractivity contribution in [2.45, 2.75) is 38.5 Å². The molecule has 2 aromatic rings. The lowest BCUT2D eigenvalue weighted by molar-refractivity contribution is -0.119. The van der Waals surface area contributed by atoms with Crippen LogP contribution >= 0.6 is 0 Å². The van der Waals surface area contributed by atoms with Gasteiger partial charge in [0.1, 0.15) is 11.6 Å². The molecule has 2 atom stereocenters. The lowest BCUT2D eigenvalue weighted by Gasteiger charge is -2.26. The molecular formula is C21H20O3. The molecule has 0 bridgehead atoms. The summed E-state index contributed by atoms with van der Waals surface area (Å²) in [6, 6.07) is 14.9. The van der Waals surface area contributed by atoms with E-state index >= 15 is 0 Å². The van der Waals surface area contributed by atoms with E-state index in [2.05, 4.69) is 0 Å². The number of benzene rings is 2. The smallest absolute Gasteiger partial charge is 0.193 e. The normalized spacial score (nSPS) is 19.2. The highest BCUT2D eigenvalue weighted by Gasteiger charge is 2.35. The molecule has 0 fully saturated rings. The summed E-state index contributed by atoms with van der Waals surface area (Å²) < 4.78 is 0. The van der Waals surface area contributed by atoms with Crippen molar-refractivity contribution in [1.82, 2.24) is 0 Å². The minimum atomic E-state index is -0.157. The maximum Gasteiger partial charge on any atom is 0.193 e. The van der Waals surface area contributed by atoms with Crippen molar-refractivity contribution in [1.29, 1.82) is 0 Å². The summed E-state index contributed by atoms with van der Waals surface area (Å²) in [5.74, 6) is -0.212. The van der Waals surface area contributed by atoms with Crippen molar-refractivity contribution in [3.05, 3.63) is 70.8 Å². The highest BCUT2D eigenvalue weighted by Crippen LogP contribution is 2.44. The van der Waals surface area contributed by atoms with Crippen molar-refractivity contribution in [2.24, 2.45) is 0 Å². The van der Waals surface area contributed by atoms with Gasteiger partial charge >= 0.3 is 0 Å². The third kappa shape index (κ3) is 2.94. The van der Waals surface area contributed by atoms with Gasteiger partial charge in [0, 0.05) is 24.0 Å². The second-order valence-corrected chi connectivity index (χ2v) is 6.53. The minimum absolute atomic E-state index is 0.0270. The summed E-state index contributed by atoms with van der Waals surface area (Å²) >= 11 is 0. The van der Waals surface area contributed by atoms with E-state index in [9.17, 15) is 14.4 Å². The molecule has 0 aromatic heterocycles. The zero-order valence-corrected chi connectivity index (χ0v) is 13.9. The first kappa shape index (κ1) is 16.3. The Morgan fingerprint density at radius 2 is 1.12 bits per heavy atom. The fourth-order valence-electron chi connectivity index (χ4n) is 3.76. The third-order valence-electron chi connectivity index (χ3n) is 4.71. The Morgan fingerprint density at radius 1 is 0.750 bits per heavy atom. The fraction of sp³-hybridized carbons (Fsp3) is 0.286. The number of hydrogen-bond donors (Lipinski definition) is 0.